The SMILES string of the molecule is C[C@@H]1CCc2nc(NC(=O)c3ccc(S(=O)(=O)N4C[C@@H](C)C[C@H](C)C4)cc3)sc2C1. The summed E-state index contributed by atoms with van der Waals surface area (Å²) in [5.74, 6) is 1.08. The summed E-state index contributed by atoms with van der Waals surface area (Å²) in [6.07, 6.45) is 4.16. The third kappa shape index (κ3) is 4.45. The molecule has 162 valence electrons. The zero-order chi connectivity index (χ0) is 21.5. The van der Waals surface area contributed by atoms with Gasteiger partial charge in [-0.25, -0.2) is 13.4 Å². The number of benzene rings is 1. The number of aromatic nitrogens is 1. The van der Waals surface area contributed by atoms with E-state index in [-0.39, 0.29) is 10.8 Å². The van der Waals surface area contributed by atoms with E-state index in [1.165, 1.54) is 17.0 Å². The fourth-order valence-electron chi connectivity index (χ4n) is 4.49. The van der Waals surface area contributed by atoms with Crippen LogP contribution < -0.4 is 5.32 Å². The highest BCUT2D eigenvalue weighted by Crippen LogP contribution is 2.32. The first-order valence-corrected chi connectivity index (χ1v) is 12.9. The Morgan fingerprint density at radius 1 is 1.10 bits per heavy atom. The fourth-order valence-corrected chi connectivity index (χ4v) is 7.34. The highest BCUT2D eigenvalue weighted by atomic mass is 32.2. The minimum Gasteiger partial charge on any atom is -0.298 e. The third-order valence-electron chi connectivity index (χ3n) is 6.00. The summed E-state index contributed by atoms with van der Waals surface area (Å²) in [6.45, 7) is 7.50. The standard InChI is InChI=1S/C22H29N3O3S2/c1-14-4-9-19-20(11-14)29-22(23-19)24-21(26)17-5-7-18(8-6-17)30(27,28)25-12-15(2)10-16(3)13-25/h5-8,14-16H,4,9-13H2,1-3H3,(H,23,24,26)/t14-,15+,16+/m1/s1. The van der Waals surface area contributed by atoms with E-state index < -0.39 is 10.0 Å². The Hall–Kier alpha value is -1.77. The Balaban J connectivity index is 1.46. The molecule has 0 saturated carbocycles. The molecular formula is C22H29N3O3S2. The van der Waals surface area contributed by atoms with Crippen LogP contribution in [-0.2, 0) is 22.9 Å². The molecule has 8 heteroatoms. The molecule has 0 unspecified atom stereocenters. The lowest BCUT2D eigenvalue weighted by atomic mass is 9.93. The van der Waals surface area contributed by atoms with Gasteiger partial charge in [-0.15, -0.1) is 11.3 Å². The molecule has 2 heterocycles. The van der Waals surface area contributed by atoms with E-state index in [0.717, 1.165) is 31.4 Å². The number of nitrogens with one attached hydrogen (secondary N) is 1. The van der Waals surface area contributed by atoms with E-state index in [4.69, 9.17) is 0 Å². The first-order valence-electron chi connectivity index (χ1n) is 10.6. The van der Waals surface area contributed by atoms with Crippen LogP contribution in [-0.4, -0.2) is 36.7 Å². The molecule has 2 aliphatic rings. The zero-order valence-electron chi connectivity index (χ0n) is 17.7. The number of thiazole rings is 1. The van der Waals surface area contributed by atoms with Crippen molar-refractivity contribution in [3.63, 3.8) is 0 Å². The first-order chi connectivity index (χ1) is 14.2. The summed E-state index contributed by atoms with van der Waals surface area (Å²) in [4.78, 5) is 18.7. The van der Waals surface area contributed by atoms with Crippen molar-refractivity contribution >= 4 is 32.4 Å². The smallest absolute Gasteiger partial charge is 0.257 e. The quantitative estimate of drug-likeness (QED) is 0.762. The van der Waals surface area contributed by atoms with Crippen LogP contribution in [0.4, 0.5) is 5.13 Å². The van der Waals surface area contributed by atoms with Gasteiger partial charge in [0.1, 0.15) is 0 Å². The molecule has 6 nitrogen and oxygen atoms in total. The van der Waals surface area contributed by atoms with Gasteiger partial charge in [-0.1, -0.05) is 20.8 Å². The van der Waals surface area contributed by atoms with Gasteiger partial charge in [0.15, 0.2) is 5.13 Å². The Morgan fingerprint density at radius 2 is 1.77 bits per heavy atom. The van der Waals surface area contributed by atoms with E-state index in [1.807, 2.05) is 0 Å². The highest BCUT2D eigenvalue weighted by molar-refractivity contribution is 7.89. The maximum Gasteiger partial charge on any atom is 0.257 e. The lowest BCUT2D eigenvalue weighted by Crippen LogP contribution is -2.42. The number of carbonyl (C=O) groups excluding carboxylic acids is 1. The summed E-state index contributed by atoms with van der Waals surface area (Å²) >= 11 is 1.54. The van der Waals surface area contributed by atoms with Gasteiger partial charge in [-0.05, 0) is 67.7 Å². The Kier molecular flexibility index (Phi) is 6.01. The minimum absolute atomic E-state index is 0.235. The molecule has 1 N–H and O–H groups in total. The van der Waals surface area contributed by atoms with E-state index in [0.29, 0.717) is 41.5 Å². The van der Waals surface area contributed by atoms with Crippen LogP contribution in [0.25, 0.3) is 0 Å². The molecule has 3 atom stereocenters. The Bertz CT molecular complexity index is 1020. The average Bonchev–Trinajstić information content (AvgIpc) is 3.08. The molecule has 1 aliphatic heterocycles. The van der Waals surface area contributed by atoms with Gasteiger partial charge in [-0.2, -0.15) is 4.31 Å². The number of rotatable bonds is 4. The second-order valence-electron chi connectivity index (χ2n) is 8.98. The Labute approximate surface area is 182 Å². The highest BCUT2D eigenvalue weighted by Gasteiger charge is 2.31. The average molecular weight is 448 g/mol. The summed E-state index contributed by atoms with van der Waals surface area (Å²) < 4.78 is 27.6. The van der Waals surface area contributed by atoms with Crippen molar-refractivity contribution in [3.8, 4) is 0 Å². The number of fused-ring (bicyclic) bond motifs is 1. The van der Waals surface area contributed by atoms with E-state index in [2.05, 4.69) is 31.1 Å². The van der Waals surface area contributed by atoms with E-state index in [1.54, 1.807) is 27.8 Å². The summed E-state index contributed by atoms with van der Waals surface area (Å²) in [5, 5.41) is 3.49. The lowest BCUT2D eigenvalue weighted by Gasteiger charge is -2.34. The molecule has 1 aliphatic carbocycles. The maximum atomic E-state index is 13.0. The van der Waals surface area contributed by atoms with Crippen molar-refractivity contribution in [1.82, 2.24) is 9.29 Å². The largest absolute Gasteiger partial charge is 0.298 e. The molecule has 1 aromatic heterocycles. The Morgan fingerprint density at radius 3 is 2.43 bits per heavy atom. The first kappa shape index (κ1) is 21.5. The van der Waals surface area contributed by atoms with Gasteiger partial charge in [0.05, 0.1) is 10.6 Å². The van der Waals surface area contributed by atoms with E-state index >= 15 is 0 Å². The van der Waals surface area contributed by atoms with Gasteiger partial charge in [-0.3, -0.25) is 10.1 Å². The topological polar surface area (TPSA) is 79.4 Å². The summed E-state index contributed by atoms with van der Waals surface area (Å²) in [6, 6.07) is 6.22. The molecular weight excluding hydrogens is 418 g/mol. The lowest BCUT2D eigenvalue weighted by molar-refractivity contribution is 0.102. The van der Waals surface area contributed by atoms with Gasteiger partial charge < -0.3 is 0 Å². The second-order valence-corrected chi connectivity index (χ2v) is 12.0. The van der Waals surface area contributed by atoms with Gasteiger partial charge in [0, 0.05) is 23.5 Å². The number of hydrogen-bond donors (Lipinski definition) is 1. The minimum atomic E-state index is -3.55. The van der Waals surface area contributed by atoms with Gasteiger partial charge in [0.2, 0.25) is 10.0 Å². The molecule has 1 aromatic carbocycles. The molecule has 1 saturated heterocycles. The van der Waals surface area contributed by atoms with Crippen LogP contribution in [0, 0.1) is 17.8 Å². The van der Waals surface area contributed by atoms with Crippen molar-refractivity contribution in [2.24, 2.45) is 17.8 Å². The normalized spacial score (nSPS) is 25.0. The maximum absolute atomic E-state index is 13.0. The van der Waals surface area contributed by atoms with Crippen LogP contribution in [0.15, 0.2) is 29.2 Å². The third-order valence-corrected chi connectivity index (χ3v) is 8.88. The van der Waals surface area contributed by atoms with Gasteiger partial charge in [0.25, 0.3) is 5.91 Å². The molecule has 1 amide bonds. The predicted octanol–water partition coefficient (Wildman–Crippen LogP) is 4.19. The number of hydrogen-bond acceptors (Lipinski definition) is 5. The summed E-state index contributed by atoms with van der Waals surface area (Å²) in [5.41, 5.74) is 1.52. The molecule has 0 radical (unpaired) electrons. The van der Waals surface area contributed by atoms with Crippen molar-refractivity contribution in [2.45, 2.75) is 51.3 Å². The molecule has 4 rings (SSSR count). The number of aryl methyl sites for hydroxylation is 1. The molecule has 0 bridgehead atoms. The van der Waals surface area contributed by atoms with Crippen LogP contribution >= 0.6 is 11.3 Å². The second kappa shape index (κ2) is 8.40. The predicted molar refractivity (Wildman–Crippen MR) is 119 cm³/mol. The number of anilines is 1. The van der Waals surface area contributed by atoms with Gasteiger partial charge >= 0.3 is 0 Å². The number of sulfonamides is 1. The summed E-state index contributed by atoms with van der Waals surface area (Å²) in [7, 11) is -3.55. The monoisotopic (exact) mass is 447 g/mol. The number of carbonyl (C=O) groups is 1. The fraction of sp³-hybridized carbons (Fsp3) is 0.545. The van der Waals surface area contributed by atoms with Crippen molar-refractivity contribution in [1.29, 1.82) is 0 Å². The van der Waals surface area contributed by atoms with Crippen LogP contribution in [0.1, 0.15) is 54.5 Å². The number of nitrogens with zero attached hydrogens (tertiary/aromatic N) is 2. The van der Waals surface area contributed by atoms with Crippen molar-refractivity contribution in [3.05, 3.63) is 40.4 Å². The van der Waals surface area contributed by atoms with Crippen LogP contribution in [0.2, 0.25) is 0 Å². The molecule has 0 spiro atoms. The van der Waals surface area contributed by atoms with Crippen LogP contribution in [0.5, 0.6) is 0 Å². The van der Waals surface area contributed by atoms with Crippen LogP contribution in [0.3, 0.4) is 0 Å². The van der Waals surface area contributed by atoms with Crippen molar-refractivity contribution < 1.29 is 13.2 Å². The number of piperidine rings is 1. The molecule has 2 aromatic rings. The van der Waals surface area contributed by atoms with Crippen molar-refractivity contribution in [2.75, 3.05) is 18.4 Å². The van der Waals surface area contributed by atoms with E-state index in [9.17, 15) is 13.2 Å². The molecule has 30 heavy (non-hydrogen) atoms. The zero-order valence-corrected chi connectivity index (χ0v) is 19.4. The number of amides is 1. The molecule has 1 fully saturated rings.